The zero-order valence-electron chi connectivity index (χ0n) is 8.10. The monoisotopic (exact) mass is 183 g/mol. The third kappa shape index (κ3) is 2.34. The number of halogens is 1. The second-order valence-corrected chi connectivity index (χ2v) is 3.33. The molecule has 0 atom stereocenters. The molecule has 1 rings (SSSR count). The molecule has 0 spiro atoms. The molecule has 0 aliphatic carbocycles. The molecular weight excluding hydrogens is 169 g/mol. The molecule has 0 radical (unpaired) electrons. The van der Waals surface area contributed by atoms with Gasteiger partial charge in [-0.15, -0.1) is 0 Å². The van der Waals surface area contributed by atoms with Gasteiger partial charge in [0.15, 0.2) is 11.6 Å². The minimum Gasteiger partial charge on any atom is -0.488 e. The summed E-state index contributed by atoms with van der Waals surface area (Å²) in [4.78, 5) is 0. The third-order valence-corrected chi connectivity index (χ3v) is 1.57. The van der Waals surface area contributed by atoms with Crippen LogP contribution in [0.2, 0.25) is 0 Å². The molecule has 72 valence electrons. The Morgan fingerprint density at radius 3 is 2.54 bits per heavy atom. The fraction of sp³-hybridized carbons (Fsp3) is 0.400. The van der Waals surface area contributed by atoms with Crippen molar-refractivity contribution in [2.75, 3.05) is 5.73 Å². The van der Waals surface area contributed by atoms with Gasteiger partial charge in [0.1, 0.15) is 0 Å². The third-order valence-electron chi connectivity index (χ3n) is 1.57. The average molecular weight is 183 g/mol. The van der Waals surface area contributed by atoms with E-state index < -0.39 is 5.82 Å². The lowest BCUT2D eigenvalue weighted by atomic mass is 10.2. The van der Waals surface area contributed by atoms with Gasteiger partial charge in [-0.25, -0.2) is 4.39 Å². The normalized spacial score (nSPS) is 10.5. The predicted molar refractivity (Wildman–Crippen MR) is 51.3 cm³/mol. The van der Waals surface area contributed by atoms with Gasteiger partial charge in [0, 0.05) is 0 Å². The van der Waals surface area contributed by atoms with E-state index in [-0.39, 0.29) is 17.5 Å². The number of hydrogen-bond acceptors (Lipinski definition) is 2. The number of hydrogen-bond donors (Lipinski definition) is 1. The molecule has 0 aromatic heterocycles. The Labute approximate surface area is 77.5 Å². The van der Waals surface area contributed by atoms with Gasteiger partial charge in [-0.05, 0) is 38.5 Å². The van der Waals surface area contributed by atoms with E-state index in [9.17, 15) is 4.39 Å². The Balaban J connectivity index is 3.05. The number of aryl methyl sites for hydroxylation is 1. The maximum absolute atomic E-state index is 13.3. The van der Waals surface area contributed by atoms with Crippen LogP contribution in [0.1, 0.15) is 19.4 Å². The summed E-state index contributed by atoms with van der Waals surface area (Å²) in [7, 11) is 0. The lowest BCUT2D eigenvalue weighted by Crippen LogP contribution is -2.08. The lowest BCUT2D eigenvalue weighted by molar-refractivity contribution is 0.231. The van der Waals surface area contributed by atoms with Gasteiger partial charge in [0.05, 0.1) is 11.8 Å². The Morgan fingerprint density at radius 1 is 1.38 bits per heavy atom. The maximum Gasteiger partial charge on any atom is 0.187 e. The summed E-state index contributed by atoms with van der Waals surface area (Å²) in [6.45, 7) is 5.54. The van der Waals surface area contributed by atoms with Crippen LogP contribution >= 0.6 is 0 Å². The minimum atomic E-state index is -0.473. The summed E-state index contributed by atoms with van der Waals surface area (Å²) < 4.78 is 18.5. The zero-order valence-corrected chi connectivity index (χ0v) is 8.10. The standard InChI is InChI=1S/C10H14FNO/c1-6(2)13-9-5-7(3)4-8(12)10(9)11/h4-6H,12H2,1-3H3. The van der Waals surface area contributed by atoms with Gasteiger partial charge >= 0.3 is 0 Å². The van der Waals surface area contributed by atoms with Crippen molar-refractivity contribution in [1.29, 1.82) is 0 Å². The van der Waals surface area contributed by atoms with Gasteiger partial charge in [-0.3, -0.25) is 0 Å². The zero-order chi connectivity index (χ0) is 10.0. The minimum absolute atomic E-state index is 0.0456. The molecule has 3 heteroatoms. The Bertz CT molecular complexity index is 310. The molecule has 0 heterocycles. The highest BCUT2D eigenvalue weighted by atomic mass is 19.1. The van der Waals surface area contributed by atoms with Crippen molar-refractivity contribution >= 4 is 5.69 Å². The second kappa shape index (κ2) is 3.64. The summed E-state index contributed by atoms with van der Waals surface area (Å²) in [5.74, 6) is -0.244. The number of anilines is 1. The molecule has 13 heavy (non-hydrogen) atoms. The van der Waals surface area contributed by atoms with Crippen LogP contribution in [-0.4, -0.2) is 6.10 Å². The molecule has 0 saturated heterocycles. The maximum atomic E-state index is 13.3. The summed E-state index contributed by atoms with van der Waals surface area (Å²) in [5, 5.41) is 0. The molecule has 0 aliphatic heterocycles. The van der Waals surface area contributed by atoms with Crippen LogP contribution in [0.15, 0.2) is 12.1 Å². The van der Waals surface area contributed by atoms with Crippen LogP contribution in [0.5, 0.6) is 5.75 Å². The Hall–Kier alpha value is -1.25. The number of rotatable bonds is 2. The van der Waals surface area contributed by atoms with Crippen molar-refractivity contribution in [3.8, 4) is 5.75 Å². The van der Waals surface area contributed by atoms with Crippen LogP contribution < -0.4 is 10.5 Å². The Kier molecular flexibility index (Phi) is 2.76. The molecule has 0 saturated carbocycles. The highest BCUT2D eigenvalue weighted by Gasteiger charge is 2.09. The smallest absolute Gasteiger partial charge is 0.187 e. The van der Waals surface area contributed by atoms with E-state index in [2.05, 4.69) is 0 Å². The first kappa shape index (κ1) is 9.84. The highest BCUT2D eigenvalue weighted by Crippen LogP contribution is 2.25. The van der Waals surface area contributed by atoms with Crippen molar-refractivity contribution < 1.29 is 9.13 Å². The van der Waals surface area contributed by atoms with Gasteiger partial charge in [-0.1, -0.05) is 0 Å². The van der Waals surface area contributed by atoms with Crippen molar-refractivity contribution in [3.05, 3.63) is 23.5 Å². The van der Waals surface area contributed by atoms with E-state index in [0.29, 0.717) is 0 Å². The van der Waals surface area contributed by atoms with Crippen LogP contribution in [0.25, 0.3) is 0 Å². The average Bonchev–Trinajstić information content (AvgIpc) is 1.98. The SMILES string of the molecule is Cc1cc(N)c(F)c(OC(C)C)c1. The molecule has 2 N–H and O–H groups in total. The van der Waals surface area contributed by atoms with E-state index >= 15 is 0 Å². The summed E-state index contributed by atoms with van der Waals surface area (Å²) >= 11 is 0. The first-order valence-electron chi connectivity index (χ1n) is 4.23. The van der Waals surface area contributed by atoms with Crippen molar-refractivity contribution in [2.24, 2.45) is 0 Å². The van der Waals surface area contributed by atoms with Gasteiger partial charge in [-0.2, -0.15) is 0 Å². The number of benzene rings is 1. The highest BCUT2D eigenvalue weighted by molar-refractivity contribution is 5.49. The fourth-order valence-electron chi connectivity index (χ4n) is 1.10. The lowest BCUT2D eigenvalue weighted by Gasteiger charge is -2.12. The second-order valence-electron chi connectivity index (χ2n) is 3.33. The van der Waals surface area contributed by atoms with Crippen LogP contribution in [0.3, 0.4) is 0 Å². The van der Waals surface area contributed by atoms with Crippen molar-refractivity contribution in [3.63, 3.8) is 0 Å². The topological polar surface area (TPSA) is 35.2 Å². The molecule has 0 unspecified atom stereocenters. The number of nitrogens with two attached hydrogens (primary N) is 1. The predicted octanol–water partition coefficient (Wildman–Crippen LogP) is 2.50. The number of nitrogen functional groups attached to an aromatic ring is 1. The van der Waals surface area contributed by atoms with E-state index in [1.807, 2.05) is 20.8 Å². The van der Waals surface area contributed by atoms with E-state index in [4.69, 9.17) is 10.5 Å². The molecular formula is C10H14FNO. The molecule has 1 aromatic rings. The molecule has 1 aromatic carbocycles. The largest absolute Gasteiger partial charge is 0.488 e. The summed E-state index contributed by atoms with van der Waals surface area (Å²) in [6.07, 6.45) is -0.0456. The van der Waals surface area contributed by atoms with E-state index in [1.54, 1.807) is 12.1 Å². The van der Waals surface area contributed by atoms with Crippen molar-refractivity contribution in [2.45, 2.75) is 26.9 Å². The molecule has 2 nitrogen and oxygen atoms in total. The summed E-state index contributed by atoms with van der Waals surface area (Å²) in [5.41, 5.74) is 6.47. The van der Waals surface area contributed by atoms with Gasteiger partial charge < -0.3 is 10.5 Å². The molecule has 0 bridgehead atoms. The van der Waals surface area contributed by atoms with E-state index in [0.717, 1.165) is 5.56 Å². The van der Waals surface area contributed by atoms with Crippen LogP contribution in [-0.2, 0) is 0 Å². The number of ether oxygens (including phenoxy) is 1. The van der Waals surface area contributed by atoms with Crippen molar-refractivity contribution in [1.82, 2.24) is 0 Å². The quantitative estimate of drug-likeness (QED) is 0.715. The fourth-order valence-corrected chi connectivity index (χ4v) is 1.10. The van der Waals surface area contributed by atoms with Crippen LogP contribution in [0, 0.1) is 12.7 Å². The van der Waals surface area contributed by atoms with Gasteiger partial charge in [0.25, 0.3) is 0 Å². The first-order valence-corrected chi connectivity index (χ1v) is 4.23. The first-order chi connectivity index (χ1) is 6.00. The summed E-state index contributed by atoms with van der Waals surface area (Å²) in [6, 6.07) is 3.23. The van der Waals surface area contributed by atoms with Gasteiger partial charge in [0.2, 0.25) is 0 Å². The van der Waals surface area contributed by atoms with E-state index in [1.165, 1.54) is 0 Å². The molecule has 0 amide bonds. The van der Waals surface area contributed by atoms with Crippen LogP contribution in [0.4, 0.5) is 10.1 Å². The Morgan fingerprint density at radius 2 is 2.00 bits per heavy atom. The molecule has 0 fully saturated rings. The molecule has 0 aliphatic rings.